The van der Waals surface area contributed by atoms with Gasteiger partial charge in [0.15, 0.2) is 0 Å². The molecule has 30 heavy (non-hydrogen) atoms. The summed E-state index contributed by atoms with van der Waals surface area (Å²) in [4.78, 5) is 2.28. The Morgan fingerprint density at radius 1 is 0.567 bits per heavy atom. The average Bonchev–Trinajstić information content (AvgIpc) is 2.71. The van der Waals surface area contributed by atoms with E-state index in [-0.39, 0.29) is 0 Å². The van der Waals surface area contributed by atoms with Crippen LogP contribution in [0.25, 0.3) is 0 Å². The minimum Gasteiger partial charge on any atom is -0.383 e. The number of benzene rings is 3. The molecule has 0 saturated carbocycles. The number of hydrogen-bond donors (Lipinski definition) is 3. The molecule has 0 heterocycles. The largest absolute Gasteiger partial charge is 0.383 e. The summed E-state index contributed by atoms with van der Waals surface area (Å²) in [5.41, 5.74) is 6.73. The van der Waals surface area contributed by atoms with E-state index in [4.69, 9.17) is 0 Å². The molecule has 5 heteroatoms. The van der Waals surface area contributed by atoms with Gasteiger partial charge in [-0.2, -0.15) is 0 Å². The van der Waals surface area contributed by atoms with Crippen LogP contribution in [0, 0.1) is 0 Å². The molecule has 0 aromatic heterocycles. The Labute approximate surface area is 185 Å². The summed E-state index contributed by atoms with van der Waals surface area (Å²) in [6.07, 6.45) is 2.03. The van der Waals surface area contributed by atoms with E-state index in [1.807, 2.05) is 6.26 Å². The van der Waals surface area contributed by atoms with E-state index >= 15 is 0 Å². The first-order valence-corrected chi connectivity index (χ1v) is 11.6. The third-order valence-corrected chi connectivity index (χ3v) is 4.95. The molecule has 0 aliphatic rings. The first-order valence-electron chi connectivity index (χ1n) is 10.4. The van der Waals surface area contributed by atoms with Gasteiger partial charge in [0.2, 0.25) is 0 Å². The molecule has 0 atom stereocenters. The maximum Gasteiger partial charge on any atom is 0.0463 e. The number of nitrogens with zero attached hydrogens (tertiary/aromatic N) is 1. The van der Waals surface area contributed by atoms with Gasteiger partial charge in [-0.05, 0) is 100 Å². The highest BCUT2D eigenvalue weighted by atomic mass is 32.2. The van der Waals surface area contributed by atoms with E-state index in [2.05, 4.69) is 121 Å². The molecule has 3 aromatic rings. The van der Waals surface area contributed by atoms with Crippen molar-refractivity contribution in [2.75, 3.05) is 26.5 Å². The van der Waals surface area contributed by atoms with Crippen LogP contribution in [0.4, 0.5) is 34.1 Å². The molecular weight excluding hydrogens is 388 g/mol. The second kappa shape index (κ2) is 10.3. The molecule has 0 aliphatic heterocycles. The number of rotatable bonds is 9. The molecule has 158 valence electrons. The summed E-state index contributed by atoms with van der Waals surface area (Å²) in [7, 11) is 0. The van der Waals surface area contributed by atoms with E-state index < -0.39 is 0 Å². The fourth-order valence-corrected chi connectivity index (χ4v) is 3.70. The molecule has 0 bridgehead atoms. The molecule has 0 radical (unpaired) electrons. The molecule has 3 N–H and O–H groups in total. The van der Waals surface area contributed by atoms with E-state index in [1.54, 1.807) is 11.9 Å². The SMILES string of the molecule is CSNc1ccc(N(c2ccc(NC(C)C)cc2)c2ccc(NC(C)C)cc2)cc1. The van der Waals surface area contributed by atoms with Crippen molar-refractivity contribution < 1.29 is 0 Å². The van der Waals surface area contributed by atoms with Crippen LogP contribution >= 0.6 is 11.9 Å². The van der Waals surface area contributed by atoms with Crippen molar-refractivity contribution in [3.05, 3.63) is 72.8 Å². The highest BCUT2D eigenvalue weighted by molar-refractivity contribution is 7.99. The smallest absolute Gasteiger partial charge is 0.0463 e. The summed E-state index contributed by atoms with van der Waals surface area (Å²) >= 11 is 1.60. The molecule has 4 nitrogen and oxygen atoms in total. The monoisotopic (exact) mass is 420 g/mol. The number of nitrogens with one attached hydrogen (secondary N) is 3. The summed E-state index contributed by atoms with van der Waals surface area (Å²) in [5.74, 6) is 0. The van der Waals surface area contributed by atoms with Crippen LogP contribution in [-0.2, 0) is 0 Å². The van der Waals surface area contributed by atoms with Crippen molar-refractivity contribution in [1.29, 1.82) is 0 Å². The molecule has 3 rings (SSSR count). The second-order valence-electron chi connectivity index (χ2n) is 7.88. The third-order valence-electron chi connectivity index (χ3n) is 4.51. The van der Waals surface area contributed by atoms with Crippen LogP contribution in [0.3, 0.4) is 0 Å². The normalized spacial score (nSPS) is 10.9. The summed E-state index contributed by atoms with van der Waals surface area (Å²) in [5, 5.41) is 6.92. The zero-order valence-electron chi connectivity index (χ0n) is 18.4. The topological polar surface area (TPSA) is 39.3 Å². The molecule has 0 saturated heterocycles. The molecular formula is C25H32N4S. The zero-order chi connectivity index (χ0) is 21.5. The Morgan fingerprint density at radius 3 is 1.20 bits per heavy atom. The van der Waals surface area contributed by atoms with Crippen LogP contribution in [0.2, 0.25) is 0 Å². The molecule has 3 aromatic carbocycles. The number of hydrogen-bond acceptors (Lipinski definition) is 5. The summed E-state index contributed by atoms with van der Waals surface area (Å²) in [6, 6.07) is 26.6. The molecule has 0 aliphatic carbocycles. The van der Waals surface area contributed by atoms with Crippen molar-refractivity contribution >= 4 is 46.1 Å². The van der Waals surface area contributed by atoms with E-state index in [9.17, 15) is 0 Å². The van der Waals surface area contributed by atoms with Gasteiger partial charge in [-0.1, -0.05) is 11.9 Å². The second-order valence-corrected chi connectivity index (χ2v) is 8.49. The van der Waals surface area contributed by atoms with Gasteiger partial charge in [0, 0.05) is 52.5 Å². The van der Waals surface area contributed by atoms with Gasteiger partial charge < -0.3 is 20.3 Å². The lowest BCUT2D eigenvalue weighted by Crippen LogP contribution is -2.12. The van der Waals surface area contributed by atoms with Gasteiger partial charge in [0.1, 0.15) is 0 Å². The third kappa shape index (κ3) is 5.86. The summed E-state index contributed by atoms with van der Waals surface area (Å²) in [6.45, 7) is 8.60. The van der Waals surface area contributed by atoms with Crippen LogP contribution in [-0.4, -0.2) is 18.3 Å². The fourth-order valence-electron chi connectivity index (χ4n) is 3.32. The summed E-state index contributed by atoms with van der Waals surface area (Å²) < 4.78 is 3.29. The number of anilines is 6. The van der Waals surface area contributed by atoms with Gasteiger partial charge in [-0.3, -0.25) is 0 Å². The standard InChI is InChI=1S/C25H32N4S/c1-18(2)26-20-6-12-23(13-7-20)29(25-16-10-22(11-17-25)28-30-5)24-14-8-21(9-15-24)27-19(3)4/h6-19,26-28H,1-5H3. The van der Waals surface area contributed by atoms with Gasteiger partial charge in [0.05, 0.1) is 0 Å². The quantitative estimate of drug-likeness (QED) is 0.313. The van der Waals surface area contributed by atoms with Crippen LogP contribution in [0.15, 0.2) is 72.8 Å². The minimum atomic E-state index is 0.407. The Bertz CT molecular complexity index is 850. The Hall–Kier alpha value is -2.79. The fraction of sp³-hybridized carbons (Fsp3) is 0.280. The Morgan fingerprint density at radius 2 is 0.900 bits per heavy atom. The lowest BCUT2D eigenvalue weighted by atomic mass is 10.1. The zero-order valence-corrected chi connectivity index (χ0v) is 19.3. The van der Waals surface area contributed by atoms with Crippen LogP contribution < -0.4 is 20.3 Å². The maximum absolute atomic E-state index is 3.46. The first kappa shape index (κ1) is 21.9. The molecule has 0 amide bonds. The molecule has 0 fully saturated rings. The van der Waals surface area contributed by atoms with Crippen molar-refractivity contribution in [2.24, 2.45) is 0 Å². The Kier molecular flexibility index (Phi) is 7.52. The van der Waals surface area contributed by atoms with E-state index in [0.717, 1.165) is 34.1 Å². The Balaban J connectivity index is 1.96. The maximum atomic E-state index is 3.46. The van der Waals surface area contributed by atoms with Crippen molar-refractivity contribution in [3.8, 4) is 0 Å². The lowest BCUT2D eigenvalue weighted by Gasteiger charge is -2.26. The lowest BCUT2D eigenvalue weighted by molar-refractivity contribution is 0.900. The highest BCUT2D eigenvalue weighted by Gasteiger charge is 2.13. The van der Waals surface area contributed by atoms with Gasteiger partial charge >= 0.3 is 0 Å². The van der Waals surface area contributed by atoms with Crippen molar-refractivity contribution in [1.82, 2.24) is 0 Å². The van der Waals surface area contributed by atoms with Gasteiger partial charge in [0.25, 0.3) is 0 Å². The predicted octanol–water partition coefficient (Wildman–Crippen LogP) is 7.49. The minimum absolute atomic E-state index is 0.407. The van der Waals surface area contributed by atoms with Gasteiger partial charge in [-0.25, -0.2) is 0 Å². The first-order chi connectivity index (χ1) is 14.5. The van der Waals surface area contributed by atoms with E-state index in [1.165, 1.54) is 0 Å². The average molecular weight is 421 g/mol. The van der Waals surface area contributed by atoms with Crippen molar-refractivity contribution in [2.45, 2.75) is 39.8 Å². The molecule has 0 spiro atoms. The highest BCUT2D eigenvalue weighted by Crippen LogP contribution is 2.36. The van der Waals surface area contributed by atoms with Crippen LogP contribution in [0.1, 0.15) is 27.7 Å². The molecule has 0 unspecified atom stereocenters. The van der Waals surface area contributed by atoms with E-state index in [0.29, 0.717) is 12.1 Å². The van der Waals surface area contributed by atoms with Gasteiger partial charge in [-0.15, -0.1) is 0 Å². The van der Waals surface area contributed by atoms with Crippen LogP contribution in [0.5, 0.6) is 0 Å². The predicted molar refractivity (Wildman–Crippen MR) is 136 cm³/mol. The van der Waals surface area contributed by atoms with Crippen molar-refractivity contribution in [3.63, 3.8) is 0 Å².